The van der Waals surface area contributed by atoms with Gasteiger partial charge in [-0.15, -0.1) is 0 Å². The van der Waals surface area contributed by atoms with Crippen molar-refractivity contribution < 1.29 is 64.6 Å². The van der Waals surface area contributed by atoms with Crippen LogP contribution in [0.25, 0.3) is 0 Å². The minimum Gasteiger partial charge on any atom is -0.394 e. The zero-order chi connectivity index (χ0) is 63.8. The first-order valence-corrected chi connectivity index (χ1v) is 37.2. The molecule has 2 saturated heterocycles. The van der Waals surface area contributed by atoms with Crippen molar-refractivity contribution in [3.05, 3.63) is 36.5 Å². The van der Waals surface area contributed by atoms with Crippen molar-refractivity contribution in [2.75, 3.05) is 19.8 Å². The van der Waals surface area contributed by atoms with Gasteiger partial charge in [-0.25, -0.2) is 0 Å². The molecule has 2 fully saturated rings. The van der Waals surface area contributed by atoms with Crippen LogP contribution in [-0.4, -0.2) is 140 Å². The molecule has 2 heterocycles. The Hall–Kier alpha value is -1.79. The van der Waals surface area contributed by atoms with E-state index in [1.54, 1.807) is 6.08 Å². The van der Waals surface area contributed by atoms with Crippen molar-refractivity contribution >= 4 is 5.91 Å². The lowest BCUT2D eigenvalue weighted by Crippen LogP contribution is -2.65. The molecule has 14 heteroatoms. The third kappa shape index (κ3) is 42.4. The molecule has 12 unspecified atom stereocenters. The number of hydrogen-bond acceptors (Lipinski definition) is 13. The van der Waals surface area contributed by atoms with E-state index in [4.69, 9.17) is 18.9 Å². The lowest BCUT2D eigenvalue weighted by atomic mass is 9.97. The predicted molar refractivity (Wildman–Crippen MR) is 360 cm³/mol. The Kier molecular flexibility index (Phi) is 55.2. The average molecular weight is 1250 g/mol. The second-order valence-electron chi connectivity index (χ2n) is 26.4. The summed E-state index contributed by atoms with van der Waals surface area (Å²) in [6, 6.07) is -0.929. The highest BCUT2D eigenvalue weighted by Gasteiger charge is 2.51. The van der Waals surface area contributed by atoms with Gasteiger partial charge in [-0.1, -0.05) is 307 Å². The molecule has 2 aliphatic heterocycles. The smallest absolute Gasteiger partial charge is 0.220 e. The zero-order valence-corrected chi connectivity index (χ0v) is 56.5. The van der Waals surface area contributed by atoms with Gasteiger partial charge in [-0.2, -0.15) is 0 Å². The molecule has 14 nitrogen and oxygen atoms in total. The zero-order valence-electron chi connectivity index (χ0n) is 56.5. The van der Waals surface area contributed by atoms with Gasteiger partial charge in [0.25, 0.3) is 0 Å². The number of aliphatic hydroxyl groups excluding tert-OH is 8. The van der Waals surface area contributed by atoms with Crippen LogP contribution in [0, 0.1) is 0 Å². The molecule has 88 heavy (non-hydrogen) atoms. The summed E-state index contributed by atoms with van der Waals surface area (Å²) in [5.41, 5.74) is 0. The second-order valence-corrected chi connectivity index (χ2v) is 26.4. The Balaban J connectivity index is 1.55. The van der Waals surface area contributed by atoms with E-state index in [0.29, 0.717) is 12.8 Å². The maximum absolute atomic E-state index is 13.3. The fourth-order valence-electron chi connectivity index (χ4n) is 12.4. The molecule has 1 amide bonds. The van der Waals surface area contributed by atoms with E-state index < -0.39 is 86.8 Å². The number of ether oxygens (including phenoxy) is 4. The van der Waals surface area contributed by atoms with E-state index >= 15 is 0 Å². The molecule has 0 bridgehead atoms. The minimum absolute atomic E-state index is 0.243. The fourth-order valence-corrected chi connectivity index (χ4v) is 12.4. The van der Waals surface area contributed by atoms with Gasteiger partial charge in [0.15, 0.2) is 12.6 Å². The van der Waals surface area contributed by atoms with E-state index in [1.807, 2.05) is 6.08 Å². The van der Waals surface area contributed by atoms with E-state index in [-0.39, 0.29) is 18.9 Å². The van der Waals surface area contributed by atoms with Crippen molar-refractivity contribution in [2.24, 2.45) is 0 Å². The quantitative estimate of drug-likeness (QED) is 0.0204. The van der Waals surface area contributed by atoms with Gasteiger partial charge >= 0.3 is 0 Å². The summed E-state index contributed by atoms with van der Waals surface area (Å²) < 4.78 is 22.8. The van der Waals surface area contributed by atoms with Crippen molar-refractivity contribution in [1.82, 2.24) is 5.32 Å². The van der Waals surface area contributed by atoms with E-state index in [1.165, 1.54) is 270 Å². The van der Waals surface area contributed by atoms with Crippen molar-refractivity contribution in [3.63, 3.8) is 0 Å². The second kappa shape index (κ2) is 59.0. The van der Waals surface area contributed by atoms with Crippen LogP contribution in [0.2, 0.25) is 0 Å². The molecule has 0 aromatic carbocycles. The summed E-state index contributed by atoms with van der Waals surface area (Å²) in [6.07, 6.45) is 59.6. The third-order valence-corrected chi connectivity index (χ3v) is 18.3. The maximum Gasteiger partial charge on any atom is 0.220 e. The highest BCUT2D eigenvalue weighted by Crippen LogP contribution is 2.30. The van der Waals surface area contributed by atoms with E-state index in [2.05, 4.69) is 43.5 Å². The Morgan fingerprint density at radius 1 is 0.398 bits per heavy atom. The van der Waals surface area contributed by atoms with Gasteiger partial charge in [0.2, 0.25) is 5.91 Å². The van der Waals surface area contributed by atoms with Crippen molar-refractivity contribution in [2.45, 2.75) is 408 Å². The molecule has 0 radical (unpaired) electrons. The van der Waals surface area contributed by atoms with Crippen LogP contribution in [-0.2, 0) is 23.7 Å². The number of rotatable bonds is 62. The van der Waals surface area contributed by atoms with Gasteiger partial charge < -0.3 is 65.1 Å². The van der Waals surface area contributed by atoms with Gasteiger partial charge in [0, 0.05) is 6.42 Å². The molecule has 0 aliphatic carbocycles. The number of carbonyl (C=O) groups is 1. The maximum atomic E-state index is 13.3. The average Bonchev–Trinajstić information content (AvgIpc) is 2.99. The summed E-state index contributed by atoms with van der Waals surface area (Å²) in [4.78, 5) is 13.3. The molecule has 0 aromatic heterocycles. The molecular formula is C74H139NO13. The molecular weight excluding hydrogens is 1110 g/mol. The summed E-state index contributed by atoms with van der Waals surface area (Å²) in [5, 5.41) is 87.3. The molecule has 0 aromatic rings. The van der Waals surface area contributed by atoms with Gasteiger partial charge in [-0.3, -0.25) is 4.79 Å². The van der Waals surface area contributed by atoms with Crippen LogP contribution in [0.4, 0.5) is 0 Å². The first-order chi connectivity index (χ1) is 43.1. The standard InChI is InChI=1S/C74H139NO13/c1-3-5-7-9-11-13-15-17-19-20-21-22-23-24-25-26-27-28-29-30-31-32-33-34-35-36-37-38-39-40-41-42-44-46-48-50-52-54-56-58-66(79)75-62(63(78)57-55-53-51-49-47-45-43-18-16-14-12-10-8-6-4-2)61-85-73-71(84)69(82)72(65(60-77)87-73)88-74-70(83)68(81)67(80)64(59-76)86-74/h20-21,47,49,55,57,62-65,67-74,76-78,80-84H,3-19,22-46,48,50-54,56,58-61H2,1-2H3,(H,75,79)/b21-20-,49-47+,57-55+. The molecule has 518 valence electrons. The monoisotopic (exact) mass is 1250 g/mol. The molecule has 12 atom stereocenters. The largest absolute Gasteiger partial charge is 0.394 e. The number of hydrogen-bond donors (Lipinski definition) is 9. The molecule has 2 rings (SSSR count). The number of unbranched alkanes of at least 4 members (excludes halogenated alkanes) is 45. The Labute approximate surface area is 538 Å². The SMILES string of the molecule is CCCCCCCCCC/C=C\CCCCCCCCCCCCCCCCCCCCCCCCCCCCCC(=O)NC(COC1OC(CO)C(OC2OC(CO)C(O)C(O)C2O)C(O)C1O)C(O)/C=C/CC/C=C/CCCCCCCCCCC. The number of amides is 1. The normalized spacial score (nSPS) is 23.3. The summed E-state index contributed by atoms with van der Waals surface area (Å²) >= 11 is 0. The van der Waals surface area contributed by atoms with Crippen LogP contribution in [0.1, 0.15) is 335 Å². The first-order valence-electron chi connectivity index (χ1n) is 37.2. The van der Waals surface area contributed by atoms with E-state index in [9.17, 15) is 45.6 Å². The molecule has 0 spiro atoms. The van der Waals surface area contributed by atoms with Gasteiger partial charge in [-0.05, 0) is 57.8 Å². The van der Waals surface area contributed by atoms with Crippen LogP contribution in [0.15, 0.2) is 36.5 Å². The molecule has 2 aliphatic rings. The Bertz CT molecular complexity index is 1620. The predicted octanol–water partition coefficient (Wildman–Crippen LogP) is 15.7. The van der Waals surface area contributed by atoms with Crippen molar-refractivity contribution in [3.8, 4) is 0 Å². The summed E-state index contributed by atoms with van der Waals surface area (Å²) in [6.45, 7) is 2.81. The lowest BCUT2D eigenvalue weighted by Gasteiger charge is -2.46. The van der Waals surface area contributed by atoms with Crippen molar-refractivity contribution in [1.29, 1.82) is 0 Å². The number of aliphatic hydroxyl groups is 8. The fraction of sp³-hybridized carbons (Fsp3) is 0.905. The topological polar surface area (TPSA) is 228 Å². The lowest BCUT2D eigenvalue weighted by molar-refractivity contribution is -0.359. The Morgan fingerprint density at radius 2 is 0.727 bits per heavy atom. The first kappa shape index (κ1) is 82.3. The van der Waals surface area contributed by atoms with Crippen LogP contribution >= 0.6 is 0 Å². The van der Waals surface area contributed by atoms with Crippen LogP contribution < -0.4 is 5.32 Å². The van der Waals surface area contributed by atoms with Crippen LogP contribution in [0.3, 0.4) is 0 Å². The minimum atomic E-state index is -1.79. The summed E-state index contributed by atoms with van der Waals surface area (Å²) in [5.74, 6) is -0.243. The van der Waals surface area contributed by atoms with Gasteiger partial charge in [0.05, 0.1) is 32.0 Å². The summed E-state index contributed by atoms with van der Waals surface area (Å²) in [7, 11) is 0. The number of nitrogens with one attached hydrogen (secondary N) is 1. The number of allylic oxidation sites excluding steroid dienone is 5. The Morgan fingerprint density at radius 3 is 1.11 bits per heavy atom. The highest BCUT2D eigenvalue weighted by atomic mass is 16.7. The van der Waals surface area contributed by atoms with Crippen LogP contribution in [0.5, 0.6) is 0 Å². The number of carbonyl (C=O) groups excluding carboxylic acids is 1. The molecule has 9 N–H and O–H groups in total. The molecule has 0 saturated carbocycles. The van der Waals surface area contributed by atoms with E-state index in [0.717, 1.165) is 32.1 Å². The van der Waals surface area contributed by atoms with Gasteiger partial charge in [0.1, 0.15) is 48.8 Å². The third-order valence-electron chi connectivity index (χ3n) is 18.3. The highest BCUT2D eigenvalue weighted by molar-refractivity contribution is 5.76.